The Labute approximate surface area is 153 Å². The molecule has 0 aromatic heterocycles. The van der Waals surface area contributed by atoms with Crippen molar-refractivity contribution in [1.82, 2.24) is 0 Å². The quantitative estimate of drug-likeness (QED) is 0.375. The molecule has 0 spiro atoms. The van der Waals surface area contributed by atoms with Crippen molar-refractivity contribution in [3.63, 3.8) is 0 Å². The van der Waals surface area contributed by atoms with Gasteiger partial charge < -0.3 is 24.4 Å². The fourth-order valence-corrected chi connectivity index (χ4v) is 1.36. The molecule has 8 heteroatoms. The number of carbonyl (C=O) groups is 3. The molecule has 1 heterocycles. The maximum atomic E-state index is 10.6. The lowest BCUT2D eigenvalue weighted by Crippen LogP contribution is -2.16. The average Bonchev–Trinajstić information content (AvgIpc) is 3.14. The van der Waals surface area contributed by atoms with Crippen LogP contribution in [0.2, 0.25) is 0 Å². The number of aliphatic hydroxyl groups is 1. The summed E-state index contributed by atoms with van der Waals surface area (Å²) in [6.07, 6.45) is 4.65. The topological polar surface area (TPSA) is 119 Å². The predicted octanol–water partition coefficient (Wildman–Crippen LogP) is 1.64. The van der Waals surface area contributed by atoms with E-state index in [2.05, 4.69) is 24.5 Å². The van der Waals surface area contributed by atoms with E-state index in [1.807, 2.05) is 0 Å². The number of aliphatic hydroxyl groups excluding tert-OH is 1. The van der Waals surface area contributed by atoms with E-state index in [9.17, 15) is 14.4 Å². The summed E-state index contributed by atoms with van der Waals surface area (Å²) < 4.78 is 14.7. The molecule has 1 aliphatic rings. The minimum atomic E-state index is -0.981. The van der Waals surface area contributed by atoms with Crippen molar-refractivity contribution in [2.45, 2.75) is 32.3 Å². The number of aliphatic carboxylic acids is 1. The first-order valence-electron chi connectivity index (χ1n) is 7.98. The van der Waals surface area contributed by atoms with E-state index in [0.717, 1.165) is 31.6 Å². The summed E-state index contributed by atoms with van der Waals surface area (Å²) in [7, 11) is 0. The monoisotopic (exact) mass is 372 g/mol. The van der Waals surface area contributed by atoms with Gasteiger partial charge in [0.15, 0.2) is 0 Å². The van der Waals surface area contributed by atoms with Gasteiger partial charge in [0.1, 0.15) is 6.61 Å². The van der Waals surface area contributed by atoms with E-state index < -0.39 is 11.9 Å². The summed E-state index contributed by atoms with van der Waals surface area (Å²) in [4.78, 5) is 30.4. The molecule has 1 fully saturated rings. The summed E-state index contributed by atoms with van der Waals surface area (Å²) in [5, 5.41) is 15.9. The Morgan fingerprint density at radius 2 is 1.85 bits per heavy atom. The van der Waals surface area contributed by atoms with E-state index >= 15 is 0 Å². The van der Waals surface area contributed by atoms with Crippen LogP contribution in [0.25, 0.3) is 0 Å². The lowest BCUT2D eigenvalue weighted by Gasteiger charge is -2.07. The second-order valence-corrected chi connectivity index (χ2v) is 5.00. The van der Waals surface area contributed by atoms with Gasteiger partial charge in [-0.3, -0.25) is 0 Å². The highest BCUT2D eigenvalue weighted by Gasteiger charge is 2.16. The van der Waals surface area contributed by atoms with E-state index in [0.29, 0.717) is 18.6 Å². The van der Waals surface area contributed by atoms with Crippen LogP contribution in [0.3, 0.4) is 0 Å². The molecular formula is C18H28O8. The van der Waals surface area contributed by atoms with Crippen molar-refractivity contribution < 1.29 is 38.8 Å². The van der Waals surface area contributed by atoms with Crippen molar-refractivity contribution >= 4 is 17.9 Å². The van der Waals surface area contributed by atoms with Crippen LogP contribution in [0.15, 0.2) is 37.5 Å². The summed E-state index contributed by atoms with van der Waals surface area (Å²) in [6, 6.07) is 0. The van der Waals surface area contributed by atoms with Gasteiger partial charge >= 0.3 is 17.9 Å². The van der Waals surface area contributed by atoms with Crippen LogP contribution < -0.4 is 0 Å². The molecule has 1 atom stereocenters. The Morgan fingerprint density at radius 3 is 2.23 bits per heavy atom. The van der Waals surface area contributed by atoms with Crippen molar-refractivity contribution in [2.24, 2.45) is 0 Å². The first kappa shape index (κ1) is 25.8. The lowest BCUT2D eigenvalue weighted by atomic mass is 10.2. The molecule has 2 N–H and O–H groups in total. The summed E-state index contributed by atoms with van der Waals surface area (Å²) in [5.74, 6) is -1.75. The van der Waals surface area contributed by atoms with Gasteiger partial charge in [0.2, 0.25) is 0 Å². The van der Waals surface area contributed by atoms with Crippen molar-refractivity contribution in [1.29, 1.82) is 0 Å². The third-order valence-electron chi connectivity index (χ3n) is 2.66. The molecule has 1 aliphatic heterocycles. The van der Waals surface area contributed by atoms with E-state index in [-0.39, 0.29) is 25.3 Å². The number of esters is 2. The number of carboxylic acids is 1. The molecule has 1 unspecified atom stereocenters. The lowest BCUT2D eigenvalue weighted by molar-refractivity contribution is -0.141. The van der Waals surface area contributed by atoms with Crippen LogP contribution in [0.1, 0.15) is 26.2 Å². The molecular weight excluding hydrogens is 344 g/mol. The number of carbonyl (C=O) groups excluding carboxylic acids is 2. The molecule has 0 amide bonds. The van der Waals surface area contributed by atoms with Gasteiger partial charge in [0, 0.05) is 37.4 Å². The van der Waals surface area contributed by atoms with Gasteiger partial charge in [-0.1, -0.05) is 19.7 Å². The average molecular weight is 372 g/mol. The zero-order valence-corrected chi connectivity index (χ0v) is 15.1. The highest BCUT2D eigenvalue weighted by molar-refractivity contribution is 5.86. The maximum absolute atomic E-state index is 10.6. The SMILES string of the molecule is C=C(C)C(=O)OCCCO.C=CC(=O)O.C=CC(=O)OCC1CCCO1. The second-order valence-electron chi connectivity index (χ2n) is 5.00. The predicted molar refractivity (Wildman–Crippen MR) is 95.4 cm³/mol. The molecule has 1 rings (SSSR count). The molecule has 0 bridgehead atoms. The Morgan fingerprint density at radius 1 is 1.23 bits per heavy atom. The van der Waals surface area contributed by atoms with Crippen molar-refractivity contribution in [2.75, 3.05) is 26.4 Å². The van der Waals surface area contributed by atoms with Gasteiger partial charge in [-0.25, -0.2) is 14.4 Å². The Kier molecular flexibility index (Phi) is 17.2. The summed E-state index contributed by atoms with van der Waals surface area (Å²) in [6.45, 7) is 12.7. The summed E-state index contributed by atoms with van der Waals surface area (Å²) in [5.41, 5.74) is 0.387. The molecule has 0 radical (unpaired) electrons. The number of hydrogen-bond donors (Lipinski definition) is 2. The Bertz CT molecular complexity index is 464. The minimum Gasteiger partial charge on any atom is -0.478 e. The number of ether oxygens (including phenoxy) is 3. The van der Waals surface area contributed by atoms with Gasteiger partial charge in [0.05, 0.1) is 12.7 Å². The Hall–Kier alpha value is -2.45. The molecule has 0 aromatic rings. The standard InChI is InChI=1S/C8H12O3.C7H12O3.C3H4O2/c1-2-8(9)11-6-7-4-3-5-10-7;1-6(2)7(9)10-5-3-4-8;1-2-3(4)5/h2,7H,1,3-6H2;8H,1,3-5H2,2H3;2H,1H2,(H,4,5). The first-order valence-corrected chi connectivity index (χ1v) is 7.98. The molecule has 0 saturated carbocycles. The second kappa shape index (κ2) is 17.4. The van der Waals surface area contributed by atoms with E-state index in [1.165, 1.54) is 0 Å². The fourth-order valence-electron chi connectivity index (χ4n) is 1.36. The van der Waals surface area contributed by atoms with Crippen LogP contribution in [-0.4, -0.2) is 60.7 Å². The van der Waals surface area contributed by atoms with Crippen LogP contribution in [0, 0.1) is 0 Å². The zero-order valence-electron chi connectivity index (χ0n) is 15.1. The minimum absolute atomic E-state index is 0.0451. The van der Waals surface area contributed by atoms with Crippen LogP contribution in [0.4, 0.5) is 0 Å². The van der Waals surface area contributed by atoms with Crippen LogP contribution in [-0.2, 0) is 28.6 Å². The van der Waals surface area contributed by atoms with Crippen LogP contribution in [0.5, 0.6) is 0 Å². The fraction of sp³-hybridized carbons (Fsp3) is 0.500. The third kappa shape index (κ3) is 17.9. The summed E-state index contributed by atoms with van der Waals surface area (Å²) >= 11 is 0. The van der Waals surface area contributed by atoms with Gasteiger partial charge in [-0.15, -0.1) is 0 Å². The van der Waals surface area contributed by atoms with Crippen LogP contribution >= 0.6 is 0 Å². The Balaban J connectivity index is 0. The van der Waals surface area contributed by atoms with Gasteiger partial charge in [0.25, 0.3) is 0 Å². The van der Waals surface area contributed by atoms with Crippen molar-refractivity contribution in [3.05, 3.63) is 37.5 Å². The molecule has 1 saturated heterocycles. The highest BCUT2D eigenvalue weighted by Crippen LogP contribution is 2.11. The molecule has 0 aliphatic carbocycles. The maximum Gasteiger partial charge on any atom is 0.333 e. The molecule has 148 valence electrons. The largest absolute Gasteiger partial charge is 0.478 e. The first-order chi connectivity index (χ1) is 12.3. The van der Waals surface area contributed by atoms with Gasteiger partial charge in [-0.2, -0.15) is 0 Å². The third-order valence-corrected chi connectivity index (χ3v) is 2.66. The van der Waals surface area contributed by atoms with Crippen molar-refractivity contribution in [3.8, 4) is 0 Å². The molecule has 8 nitrogen and oxygen atoms in total. The smallest absolute Gasteiger partial charge is 0.333 e. The molecule has 0 aromatic carbocycles. The van der Waals surface area contributed by atoms with E-state index in [4.69, 9.17) is 19.7 Å². The van der Waals surface area contributed by atoms with E-state index in [1.54, 1.807) is 6.92 Å². The van der Waals surface area contributed by atoms with Gasteiger partial charge in [-0.05, 0) is 19.8 Å². The number of carboxylic acid groups (broad SMARTS) is 1. The zero-order chi connectivity index (χ0) is 20.4. The number of rotatable bonds is 8. The highest BCUT2D eigenvalue weighted by atomic mass is 16.6. The normalized spacial score (nSPS) is 14.5. The number of hydrogen-bond acceptors (Lipinski definition) is 7. The molecule has 26 heavy (non-hydrogen) atoms.